The van der Waals surface area contributed by atoms with Gasteiger partial charge in [-0.25, -0.2) is 15.0 Å². The summed E-state index contributed by atoms with van der Waals surface area (Å²) >= 11 is 0. The average molecular weight is 833 g/mol. The fraction of sp³-hybridized carbons (Fsp3) is 0.0339. The van der Waals surface area contributed by atoms with E-state index in [-0.39, 0.29) is 6.17 Å². The Hall–Kier alpha value is -8.61. The third-order valence-corrected chi connectivity index (χ3v) is 13.6. The normalized spacial score (nSPS) is 15.5. The van der Waals surface area contributed by atoms with Gasteiger partial charge in [-0.3, -0.25) is 0 Å². The van der Waals surface area contributed by atoms with Gasteiger partial charge in [0.15, 0.2) is 5.84 Å². The van der Waals surface area contributed by atoms with Crippen LogP contribution in [-0.4, -0.2) is 16.7 Å². The molecule has 1 aliphatic carbocycles. The van der Waals surface area contributed by atoms with E-state index in [9.17, 15) is 0 Å². The Kier molecular flexibility index (Phi) is 7.57. The quantitative estimate of drug-likeness (QED) is 0.179. The van der Waals surface area contributed by atoms with Gasteiger partial charge in [-0.1, -0.05) is 164 Å². The molecular formula is C59H36N4O2. The van der Waals surface area contributed by atoms with Crippen molar-refractivity contribution < 1.29 is 9.15 Å². The monoisotopic (exact) mass is 832 g/mol. The maximum absolute atomic E-state index is 6.66. The number of furan rings is 1. The van der Waals surface area contributed by atoms with Crippen molar-refractivity contribution in [3.8, 4) is 33.9 Å². The first-order chi connectivity index (χ1) is 32.2. The van der Waals surface area contributed by atoms with E-state index in [0.717, 1.165) is 94.2 Å². The summed E-state index contributed by atoms with van der Waals surface area (Å²) in [5.74, 6) is 3.06. The van der Waals surface area contributed by atoms with Crippen LogP contribution in [0.3, 0.4) is 0 Å². The van der Waals surface area contributed by atoms with E-state index in [1.807, 2.05) is 36.4 Å². The molecule has 1 spiro atoms. The van der Waals surface area contributed by atoms with Crippen molar-refractivity contribution in [3.05, 3.63) is 245 Å². The maximum Gasteiger partial charge on any atom is 0.159 e. The molecule has 0 bridgehead atoms. The molecule has 0 radical (unpaired) electrons. The number of hydrogen-bond acceptors (Lipinski definition) is 6. The van der Waals surface area contributed by atoms with Gasteiger partial charge in [0.1, 0.15) is 34.7 Å². The van der Waals surface area contributed by atoms with Gasteiger partial charge in [0.05, 0.1) is 22.2 Å². The lowest BCUT2D eigenvalue weighted by molar-refractivity contribution is 0.436. The number of nitrogens with zero attached hydrogens (tertiary/aromatic N) is 3. The van der Waals surface area contributed by atoms with Crippen LogP contribution in [0.4, 0.5) is 0 Å². The molecule has 1 unspecified atom stereocenters. The van der Waals surface area contributed by atoms with Crippen LogP contribution in [0.5, 0.6) is 11.5 Å². The van der Waals surface area contributed by atoms with Crippen molar-refractivity contribution >= 4 is 55.3 Å². The Morgan fingerprint density at radius 2 is 1.14 bits per heavy atom. The third kappa shape index (κ3) is 5.19. The first kappa shape index (κ1) is 35.9. The molecule has 6 heteroatoms. The summed E-state index contributed by atoms with van der Waals surface area (Å²) in [5.41, 5.74) is 13.8. The predicted octanol–water partition coefficient (Wildman–Crippen LogP) is 13.9. The molecular weight excluding hydrogens is 797 g/mol. The minimum Gasteiger partial charge on any atom is -0.457 e. The molecule has 0 saturated carbocycles. The zero-order chi connectivity index (χ0) is 42.6. The molecule has 9 aromatic carbocycles. The summed E-state index contributed by atoms with van der Waals surface area (Å²) in [5, 5.41) is 9.06. The second kappa shape index (κ2) is 13.7. The number of aliphatic imine (C=N–C) groups is 2. The number of fused-ring (bicyclic) bond motifs is 15. The molecule has 3 aliphatic rings. The number of hydrogen-bond donors (Lipinski definition) is 1. The van der Waals surface area contributed by atoms with Gasteiger partial charge in [0.25, 0.3) is 0 Å². The fourth-order valence-corrected chi connectivity index (χ4v) is 10.8. The number of benzene rings is 9. The van der Waals surface area contributed by atoms with Crippen LogP contribution in [0.15, 0.2) is 221 Å². The van der Waals surface area contributed by atoms with E-state index in [2.05, 4.69) is 175 Å². The Bertz CT molecular complexity index is 3810. The molecule has 304 valence electrons. The molecule has 6 nitrogen and oxygen atoms in total. The van der Waals surface area contributed by atoms with Gasteiger partial charge >= 0.3 is 0 Å². The number of para-hydroxylation sites is 4. The lowest BCUT2D eigenvalue weighted by Crippen LogP contribution is -2.33. The predicted molar refractivity (Wildman–Crippen MR) is 261 cm³/mol. The number of aromatic nitrogens is 1. The highest BCUT2D eigenvalue weighted by molar-refractivity contribution is 6.20. The average Bonchev–Trinajstić information content (AvgIpc) is 3.89. The molecule has 4 heterocycles. The standard InChI is InChI=1S/C59H36N4O2/c1-3-16-35(17-4-1)54-45-33-44-38-20-7-9-24-46(38)59(47-25-10-13-28-52(47)64-53-29-14-11-26-48(53)59)49(44)34-43(45)39-31-30-37(32-50(39)60-54)57-61-56(36-18-5-2-6-19-36)62-58(63-57)42-23-15-22-41-40-21-8-12-27-51(40)65-55(41)42/h1-34,56H,(H,61,62,63). The van der Waals surface area contributed by atoms with E-state index in [1.165, 1.54) is 22.3 Å². The molecule has 2 aromatic heterocycles. The van der Waals surface area contributed by atoms with Gasteiger partial charge in [-0.2, -0.15) is 0 Å². The highest BCUT2D eigenvalue weighted by Gasteiger charge is 2.51. The van der Waals surface area contributed by atoms with Crippen molar-refractivity contribution in [3.63, 3.8) is 0 Å². The Balaban J connectivity index is 1.02. The summed E-state index contributed by atoms with van der Waals surface area (Å²) in [6, 6.07) is 72.5. The highest BCUT2D eigenvalue weighted by atomic mass is 16.5. The first-order valence-corrected chi connectivity index (χ1v) is 22.0. The van der Waals surface area contributed by atoms with Gasteiger partial charge in [0, 0.05) is 43.8 Å². The molecule has 2 aliphatic heterocycles. The summed E-state index contributed by atoms with van der Waals surface area (Å²) < 4.78 is 13.2. The van der Waals surface area contributed by atoms with E-state index in [1.54, 1.807) is 0 Å². The lowest BCUT2D eigenvalue weighted by atomic mass is 9.66. The fourth-order valence-electron chi connectivity index (χ4n) is 10.8. The lowest BCUT2D eigenvalue weighted by Gasteiger charge is -2.39. The second-order valence-electron chi connectivity index (χ2n) is 17.0. The van der Waals surface area contributed by atoms with Crippen molar-refractivity contribution in [2.24, 2.45) is 9.98 Å². The smallest absolute Gasteiger partial charge is 0.159 e. The van der Waals surface area contributed by atoms with Gasteiger partial charge in [-0.15, -0.1) is 0 Å². The van der Waals surface area contributed by atoms with E-state index in [4.69, 9.17) is 24.1 Å². The van der Waals surface area contributed by atoms with Gasteiger partial charge in [0.2, 0.25) is 0 Å². The molecule has 11 aromatic rings. The van der Waals surface area contributed by atoms with Crippen LogP contribution in [0.25, 0.3) is 66.0 Å². The Morgan fingerprint density at radius 1 is 0.462 bits per heavy atom. The number of rotatable bonds is 4. The first-order valence-electron chi connectivity index (χ1n) is 22.0. The highest BCUT2D eigenvalue weighted by Crippen LogP contribution is 2.62. The topological polar surface area (TPSA) is 72.0 Å². The van der Waals surface area contributed by atoms with E-state index >= 15 is 0 Å². The van der Waals surface area contributed by atoms with Crippen LogP contribution in [0.2, 0.25) is 0 Å². The van der Waals surface area contributed by atoms with Crippen LogP contribution in [0, 0.1) is 0 Å². The molecule has 0 saturated heterocycles. The largest absolute Gasteiger partial charge is 0.457 e. The molecule has 14 rings (SSSR count). The Morgan fingerprint density at radius 3 is 1.95 bits per heavy atom. The second-order valence-corrected chi connectivity index (χ2v) is 17.0. The van der Waals surface area contributed by atoms with Crippen LogP contribution < -0.4 is 10.1 Å². The summed E-state index contributed by atoms with van der Waals surface area (Å²) in [7, 11) is 0. The zero-order valence-corrected chi connectivity index (χ0v) is 34.9. The molecule has 1 N–H and O–H groups in total. The third-order valence-electron chi connectivity index (χ3n) is 13.6. The zero-order valence-electron chi connectivity index (χ0n) is 34.9. The van der Waals surface area contributed by atoms with Gasteiger partial charge in [-0.05, 0) is 75.7 Å². The van der Waals surface area contributed by atoms with E-state index < -0.39 is 5.41 Å². The van der Waals surface area contributed by atoms with Crippen LogP contribution in [-0.2, 0) is 5.41 Å². The van der Waals surface area contributed by atoms with Crippen molar-refractivity contribution in [1.29, 1.82) is 0 Å². The number of ether oxygens (including phenoxy) is 1. The molecule has 0 amide bonds. The van der Waals surface area contributed by atoms with Crippen molar-refractivity contribution in [2.75, 3.05) is 0 Å². The van der Waals surface area contributed by atoms with Crippen molar-refractivity contribution in [2.45, 2.75) is 11.6 Å². The SMILES string of the molecule is c1ccc(-c2nc3cc(C4=NC(c5ccccc5)NC(c5cccc6c5oc5ccccc56)=N4)ccc3c3cc4c(cc23)-c2ccccc2C42c3ccccc3Oc3ccccc32)cc1. The van der Waals surface area contributed by atoms with Crippen LogP contribution >= 0.6 is 0 Å². The summed E-state index contributed by atoms with van der Waals surface area (Å²) in [4.78, 5) is 16.1. The maximum atomic E-state index is 6.66. The van der Waals surface area contributed by atoms with E-state index in [0.29, 0.717) is 11.7 Å². The number of pyridine rings is 1. The Labute approximate surface area is 373 Å². The molecule has 65 heavy (non-hydrogen) atoms. The molecule has 1 atom stereocenters. The van der Waals surface area contributed by atoms with Crippen LogP contribution in [0.1, 0.15) is 45.1 Å². The minimum absolute atomic E-state index is 0.385. The van der Waals surface area contributed by atoms with Crippen molar-refractivity contribution in [1.82, 2.24) is 10.3 Å². The number of amidine groups is 2. The minimum atomic E-state index is -0.599. The summed E-state index contributed by atoms with van der Waals surface area (Å²) in [6.45, 7) is 0. The number of nitrogens with one attached hydrogen (secondary N) is 1. The molecule has 0 fully saturated rings. The van der Waals surface area contributed by atoms with Gasteiger partial charge < -0.3 is 14.5 Å². The summed E-state index contributed by atoms with van der Waals surface area (Å²) in [6.07, 6.45) is -0.385.